The van der Waals surface area contributed by atoms with E-state index in [1.54, 1.807) is 0 Å². The zero-order valence-electron chi connectivity index (χ0n) is 11.2. The first-order chi connectivity index (χ1) is 9.87. The molecule has 9 nitrogen and oxygen atoms in total. The van der Waals surface area contributed by atoms with Crippen LogP contribution in [0.25, 0.3) is 0 Å². The third-order valence-electron chi connectivity index (χ3n) is 3.00. The van der Waals surface area contributed by atoms with E-state index in [0.717, 1.165) is 0 Å². The first kappa shape index (κ1) is 15.4. The largest absolute Gasteiger partial charge is 0.480 e. The molecule has 2 heterocycles. The van der Waals surface area contributed by atoms with E-state index < -0.39 is 16.0 Å². The van der Waals surface area contributed by atoms with Crippen LogP contribution in [0.1, 0.15) is 12.8 Å². The summed E-state index contributed by atoms with van der Waals surface area (Å²) >= 11 is 0. The standard InChI is InChI=1S/C11H16N4O5S/c16-10(3-6-15-4-1-7-21(15,19)20)12-9-2-5-14(13-9)8-11(17)18/h2,5H,1,3-4,6-8H2,(H,17,18)(H,12,13,16). The highest BCUT2D eigenvalue weighted by molar-refractivity contribution is 7.89. The van der Waals surface area contributed by atoms with Crippen molar-refractivity contribution in [1.29, 1.82) is 0 Å². The van der Waals surface area contributed by atoms with E-state index in [4.69, 9.17) is 5.11 Å². The van der Waals surface area contributed by atoms with E-state index in [-0.39, 0.29) is 37.0 Å². The highest BCUT2D eigenvalue weighted by Crippen LogP contribution is 2.13. The molecular formula is C11H16N4O5S. The lowest BCUT2D eigenvalue weighted by Crippen LogP contribution is -2.29. The van der Waals surface area contributed by atoms with Crippen LogP contribution in [-0.2, 0) is 26.2 Å². The average Bonchev–Trinajstić information content (AvgIpc) is 2.92. The summed E-state index contributed by atoms with van der Waals surface area (Å²) in [7, 11) is -3.20. The number of anilines is 1. The Balaban J connectivity index is 1.82. The Morgan fingerprint density at radius 3 is 2.81 bits per heavy atom. The van der Waals surface area contributed by atoms with Crippen molar-refractivity contribution in [2.75, 3.05) is 24.2 Å². The fourth-order valence-corrected chi connectivity index (χ4v) is 3.56. The van der Waals surface area contributed by atoms with Gasteiger partial charge in [0, 0.05) is 31.8 Å². The molecule has 10 heteroatoms. The number of hydrogen-bond donors (Lipinski definition) is 2. The first-order valence-corrected chi connectivity index (χ1v) is 8.01. The van der Waals surface area contributed by atoms with Crippen LogP contribution in [0.3, 0.4) is 0 Å². The maximum atomic E-state index is 11.7. The molecule has 0 spiro atoms. The molecule has 2 rings (SSSR count). The van der Waals surface area contributed by atoms with Crippen LogP contribution in [0, 0.1) is 0 Å². The lowest BCUT2D eigenvalue weighted by molar-refractivity contribution is -0.137. The molecule has 116 valence electrons. The Kier molecular flexibility index (Phi) is 4.58. The topological polar surface area (TPSA) is 122 Å². The molecule has 1 amide bonds. The zero-order valence-corrected chi connectivity index (χ0v) is 12.0. The van der Waals surface area contributed by atoms with Crippen LogP contribution in [0.15, 0.2) is 12.3 Å². The summed E-state index contributed by atoms with van der Waals surface area (Å²) in [6.45, 7) is 0.300. The van der Waals surface area contributed by atoms with E-state index in [1.807, 2.05) is 0 Å². The number of carbonyl (C=O) groups excluding carboxylic acids is 1. The number of carboxylic acid groups (broad SMARTS) is 1. The SMILES string of the molecule is O=C(O)Cn1ccc(NC(=O)CCN2CCCS2(=O)=O)n1. The third kappa shape index (κ3) is 4.26. The van der Waals surface area contributed by atoms with Gasteiger partial charge in [0.25, 0.3) is 0 Å². The Morgan fingerprint density at radius 2 is 2.19 bits per heavy atom. The van der Waals surface area contributed by atoms with Crippen LogP contribution in [0.4, 0.5) is 5.82 Å². The molecule has 21 heavy (non-hydrogen) atoms. The van der Waals surface area contributed by atoms with Gasteiger partial charge in [0.1, 0.15) is 6.54 Å². The van der Waals surface area contributed by atoms with Gasteiger partial charge in [-0.1, -0.05) is 0 Å². The van der Waals surface area contributed by atoms with E-state index in [2.05, 4.69) is 10.4 Å². The van der Waals surface area contributed by atoms with Gasteiger partial charge in [-0.25, -0.2) is 12.7 Å². The van der Waals surface area contributed by atoms with Gasteiger partial charge in [0.15, 0.2) is 5.82 Å². The molecule has 0 unspecified atom stereocenters. The number of sulfonamides is 1. The summed E-state index contributed by atoms with van der Waals surface area (Å²) < 4.78 is 25.6. The predicted octanol–water partition coefficient (Wildman–Crippen LogP) is -0.668. The number of hydrogen-bond acceptors (Lipinski definition) is 5. The second kappa shape index (κ2) is 6.22. The highest BCUT2D eigenvalue weighted by atomic mass is 32.2. The van der Waals surface area contributed by atoms with E-state index in [1.165, 1.54) is 21.3 Å². The first-order valence-electron chi connectivity index (χ1n) is 6.40. The molecule has 2 N–H and O–H groups in total. The number of carboxylic acids is 1. The number of amides is 1. The molecule has 1 aliphatic heterocycles. The van der Waals surface area contributed by atoms with Gasteiger partial charge in [-0.3, -0.25) is 14.3 Å². The normalized spacial score (nSPS) is 17.7. The molecule has 0 bridgehead atoms. The van der Waals surface area contributed by atoms with Gasteiger partial charge in [-0.2, -0.15) is 5.10 Å². The molecule has 0 atom stereocenters. The monoisotopic (exact) mass is 316 g/mol. The Bertz CT molecular complexity index is 639. The van der Waals surface area contributed by atoms with Crippen molar-refractivity contribution in [3.05, 3.63) is 12.3 Å². The van der Waals surface area contributed by atoms with Crippen molar-refractivity contribution in [2.24, 2.45) is 0 Å². The van der Waals surface area contributed by atoms with E-state index in [0.29, 0.717) is 13.0 Å². The van der Waals surface area contributed by atoms with Crippen LogP contribution in [-0.4, -0.2) is 58.3 Å². The Morgan fingerprint density at radius 1 is 1.43 bits per heavy atom. The number of nitrogens with zero attached hydrogens (tertiary/aromatic N) is 3. The van der Waals surface area contributed by atoms with Gasteiger partial charge >= 0.3 is 5.97 Å². The number of nitrogens with one attached hydrogen (secondary N) is 1. The molecular weight excluding hydrogens is 300 g/mol. The molecule has 0 radical (unpaired) electrons. The second-order valence-corrected chi connectivity index (χ2v) is 6.75. The predicted molar refractivity (Wildman–Crippen MR) is 73.1 cm³/mol. The lowest BCUT2D eigenvalue weighted by Gasteiger charge is -2.13. The smallest absolute Gasteiger partial charge is 0.325 e. The number of aliphatic carboxylic acids is 1. The van der Waals surface area contributed by atoms with Crippen molar-refractivity contribution in [1.82, 2.24) is 14.1 Å². The molecule has 0 aromatic carbocycles. The highest BCUT2D eigenvalue weighted by Gasteiger charge is 2.28. The van der Waals surface area contributed by atoms with Crippen molar-refractivity contribution in [2.45, 2.75) is 19.4 Å². The third-order valence-corrected chi connectivity index (χ3v) is 4.95. The fourth-order valence-electron chi connectivity index (χ4n) is 2.03. The Hall–Kier alpha value is -1.94. The van der Waals surface area contributed by atoms with Gasteiger partial charge in [-0.15, -0.1) is 0 Å². The molecule has 1 aromatic rings. The molecule has 1 aliphatic rings. The van der Waals surface area contributed by atoms with Gasteiger partial charge < -0.3 is 10.4 Å². The lowest BCUT2D eigenvalue weighted by atomic mass is 10.4. The summed E-state index contributed by atoms with van der Waals surface area (Å²) in [4.78, 5) is 22.2. The Labute approximate surface area is 121 Å². The van der Waals surface area contributed by atoms with Gasteiger partial charge in [0.05, 0.1) is 5.75 Å². The minimum atomic E-state index is -3.20. The maximum Gasteiger partial charge on any atom is 0.325 e. The fraction of sp³-hybridized carbons (Fsp3) is 0.545. The van der Waals surface area contributed by atoms with Crippen molar-refractivity contribution in [3.8, 4) is 0 Å². The van der Waals surface area contributed by atoms with Crippen LogP contribution >= 0.6 is 0 Å². The average molecular weight is 316 g/mol. The zero-order chi connectivity index (χ0) is 15.5. The van der Waals surface area contributed by atoms with E-state index >= 15 is 0 Å². The van der Waals surface area contributed by atoms with Gasteiger partial charge in [0.2, 0.25) is 15.9 Å². The summed E-state index contributed by atoms with van der Waals surface area (Å²) in [6, 6.07) is 1.48. The minimum Gasteiger partial charge on any atom is -0.480 e. The number of aromatic nitrogens is 2. The minimum absolute atomic E-state index is 0.0328. The van der Waals surface area contributed by atoms with Crippen molar-refractivity contribution < 1.29 is 23.1 Å². The maximum absolute atomic E-state index is 11.7. The molecule has 0 aliphatic carbocycles. The quantitative estimate of drug-likeness (QED) is 0.718. The van der Waals surface area contributed by atoms with E-state index in [9.17, 15) is 18.0 Å². The second-order valence-electron chi connectivity index (χ2n) is 4.66. The van der Waals surface area contributed by atoms with Crippen LogP contribution < -0.4 is 5.32 Å². The van der Waals surface area contributed by atoms with Gasteiger partial charge in [-0.05, 0) is 6.42 Å². The van der Waals surface area contributed by atoms with Crippen molar-refractivity contribution >= 4 is 27.7 Å². The molecule has 0 saturated carbocycles. The molecule has 1 fully saturated rings. The summed E-state index contributed by atoms with van der Waals surface area (Å²) in [5.41, 5.74) is 0. The number of carbonyl (C=O) groups is 2. The number of rotatable bonds is 6. The summed E-state index contributed by atoms with van der Waals surface area (Å²) in [6.07, 6.45) is 2.06. The molecule has 1 aromatic heterocycles. The molecule has 1 saturated heterocycles. The summed E-state index contributed by atoms with van der Waals surface area (Å²) in [5.74, 6) is -1.02. The summed E-state index contributed by atoms with van der Waals surface area (Å²) in [5, 5.41) is 15.0. The van der Waals surface area contributed by atoms with Crippen LogP contribution in [0.5, 0.6) is 0 Å². The van der Waals surface area contributed by atoms with Crippen LogP contribution in [0.2, 0.25) is 0 Å². The van der Waals surface area contributed by atoms with Crippen molar-refractivity contribution in [3.63, 3.8) is 0 Å².